The van der Waals surface area contributed by atoms with Crippen LogP contribution >= 0.6 is 11.3 Å². The van der Waals surface area contributed by atoms with E-state index in [2.05, 4.69) is 31.9 Å². The number of benzene rings is 1. The lowest BCUT2D eigenvalue weighted by molar-refractivity contribution is -0.116. The van der Waals surface area contributed by atoms with Crippen LogP contribution in [-0.4, -0.2) is 27.0 Å². The van der Waals surface area contributed by atoms with Crippen LogP contribution in [0.25, 0.3) is 11.3 Å². The second kappa shape index (κ2) is 10.0. The summed E-state index contributed by atoms with van der Waals surface area (Å²) in [6.07, 6.45) is 5.51. The van der Waals surface area contributed by atoms with E-state index >= 15 is 0 Å². The summed E-state index contributed by atoms with van der Waals surface area (Å²) in [5.74, 6) is 0.101. The first-order valence-electron chi connectivity index (χ1n) is 10.3. The van der Waals surface area contributed by atoms with Gasteiger partial charge in [-0.25, -0.2) is 0 Å². The van der Waals surface area contributed by atoms with Gasteiger partial charge in [-0.1, -0.05) is 12.1 Å². The van der Waals surface area contributed by atoms with Gasteiger partial charge in [-0.05, 0) is 61.5 Å². The van der Waals surface area contributed by atoms with Crippen LogP contribution < -0.4 is 10.6 Å². The molecule has 0 radical (unpaired) electrons. The smallest absolute Gasteiger partial charge is 0.256 e. The average molecular weight is 446 g/mol. The van der Waals surface area contributed by atoms with Crippen molar-refractivity contribution in [3.8, 4) is 11.3 Å². The number of thiophene rings is 1. The SMILES string of the molecule is Cc1c(NC(=O)c2cccc(NC(=O)CCCc3cccs3)c2)n[nH]c1-c1ccncc1. The third kappa shape index (κ3) is 5.28. The van der Waals surface area contributed by atoms with Crippen LogP contribution in [0.4, 0.5) is 11.5 Å². The number of nitrogens with one attached hydrogen (secondary N) is 3. The van der Waals surface area contributed by atoms with Crippen LogP contribution in [0.5, 0.6) is 0 Å². The maximum absolute atomic E-state index is 12.8. The summed E-state index contributed by atoms with van der Waals surface area (Å²) in [7, 11) is 0. The zero-order valence-corrected chi connectivity index (χ0v) is 18.4. The molecular weight excluding hydrogens is 422 g/mol. The number of H-pyrrole nitrogens is 1. The molecule has 4 aromatic rings. The normalized spacial score (nSPS) is 10.7. The van der Waals surface area contributed by atoms with E-state index in [1.54, 1.807) is 48.0 Å². The van der Waals surface area contributed by atoms with Gasteiger partial charge in [0, 0.05) is 46.1 Å². The van der Waals surface area contributed by atoms with Crippen molar-refractivity contribution in [2.45, 2.75) is 26.2 Å². The molecule has 7 nitrogen and oxygen atoms in total. The van der Waals surface area contributed by atoms with Crippen molar-refractivity contribution in [1.82, 2.24) is 15.2 Å². The maximum atomic E-state index is 12.8. The molecule has 0 atom stereocenters. The highest BCUT2D eigenvalue weighted by Crippen LogP contribution is 2.25. The van der Waals surface area contributed by atoms with Gasteiger partial charge < -0.3 is 10.6 Å². The Labute approximate surface area is 189 Å². The molecular formula is C24H23N5O2S. The van der Waals surface area contributed by atoms with Gasteiger partial charge in [0.25, 0.3) is 5.91 Å². The Bertz CT molecular complexity index is 1200. The summed E-state index contributed by atoms with van der Waals surface area (Å²) < 4.78 is 0. The molecule has 0 unspecified atom stereocenters. The molecule has 162 valence electrons. The van der Waals surface area contributed by atoms with Crippen LogP contribution in [0.1, 0.15) is 33.6 Å². The number of anilines is 2. The highest BCUT2D eigenvalue weighted by atomic mass is 32.1. The summed E-state index contributed by atoms with van der Waals surface area (Å²) in [6.45, 7) is 1.89. The van der Waals surface area contributed by atoms with Gasteiger partial charge in [-0.15, -0.1) is 11.3 Å². The van der Waals surface area contributed by atoms with Crippen molar-refractivity contribution in [2.24, 2.45) is 0 Å². The van der Waals surface area contributed by atoms with Crippen LogP contribution in [-0.2, 0) is 11.2 Å². The predicted molar refractivity (Wildman–Crippen MR) is 127 cm³/mol. The van der Waals surface area contributed by atoms with E-state index in [1.165, 1.54) is 4.88 Å². The number of hydrogen-bond acceptors (Lipinski definition) is 5. The van der Waals surface area contributed by atoms with E-state index in [9.17, 15) is 9.59 Å². The summed E-state index contributed by atoms with van der Waals surface area (Å²) >= 11 is 1.70. The Balaban J connectivity index is 1.36. The van der Waals surface area contributed by atoms with E-state index in [-0.39, 0.29) is 11.8 Å². The number of carbonyl (C=O) groups excluding carboxylic acids is 2. The fraction of sp³-hybridized carbons (Fsp3) is 0.167. The number of aromatic nitrogens is 3. The van der Waals surface area contributed by atoms with Gasteiger partial charge in [0.1, 0.15) is 0 Å². The van der Waals surface area contributed by atoms with Crippen molar-refractivity contribution in [3.63, 3.8) is 0 Å². The van der Waals surface area contributed by atoms with Crippen LogP contribution in [0.3, 0.4) is 0 Å². The molecule has 0 aliphatic heterocycles. The number of carbonyl (C=O) groups is 2. The van der Waals surface area contributed by atoms with Crippen LogP contribution in [0.2, 0.25) is 0 Å². The molecule has 0 saturated heterocycles. The standard InChI is InChI=1S/C24H23N5O2S/c1-16-22(17-10-12-25-13-11-17)28-29-23(16)27-24(31)18-5-2-6-19(15-18)26-21(30)9-3-7-20-8-4-14-32-20/h2,4-6,8,10-15H,3,7,9H2,1H3,(H,26,30)(H2,27,28,29,31). The third-order valence-corrected chi connectivity index (χ3v) is 5.96. The first kappa shape index (κ1) is 21.5. The lowest BCUT2D eigenvalue weighted by atomic mass is 10.1. The number of pyridine rings is 1. The molecule has 32 heavy (non-hydrogen) atoms. The van der Waals surface area contributed by atoms with E-state index in [4.69, 9.17) is 0 Å². The molecule has 3 aromatic heterocycles. The lowest BCUT2D eigenvalue weighted by Crippen LogP contribution is -2.15. The van der Waals surface area contributed by atoms with Gasteiger partial charge in [-0.3, -0.25) is 19.7 Å². The number of nitrogens with zero attached hydrogens (tertiary/aromatic N) is 2. The summed E-state index contributed by atoms with van der Waals surface area (Å²) in [5, 5.41) is 15.0. The first-order valence-corrected chi connectivity index (χ1v) is 11.2. The lowest BCUT2D eigenvalue weighted by Gasteiger charge is -2.08. The van der Waals surface area contributed by atoms with E-state index in [0.29, 0.717) is 23.5 Å². The largest absolute Gasteiger partial charge is 0.326 e. The fourth-order valence-corrected chi connectivity index (χ4v) is 4.09. The van der Waals surface area contributed by atoms with Gasteiger partial charge >= 0.3 is 0 Å². The minimum atomic E-state index is -0.297. The predicted octanol–water partition coefficient (Wildman–Crippen LogP) is 5.06. The molecule has 2 amide bonds. The zero-order valence-electron chi connectivity index (χ0n) is 17.6. The molecule has 8 heteroatoms. The monoisotopic (exact) mass is 445 g/mol. The second-order valence-electron chi connectivity index (χ2n) is 7.32. The minimum absolute atomic E-state index is 0.0655. The Morgan fingerprint density at radius 1 is 1.06 bits per heavy atom. The second-order valence-corrected chi connectivity index (χ2v) is 8.36. The third-order valence-electron chi connectivity index (χ3n) is 5.03. The Morgan fingerprint density at radius 2 is 1.91 bits per heavy atom. The quantitative estimate of drug-likeness (QED) is 0.353. The molecule has 3 N–H and O–H groups in total. The Hall–Kier alpha value is -3.78. The van der Waals surface area contributed by atoms with E-state index < -0.39 is 0 Å². The maximum Gasteiger partial charge on any atom is 0.256 e. The first-order chi connectivity index (χ1) is 15.6. The molecule has 0 saturated carbocycles. The van der Waals surface area contributed by atoms with E-state index in [1.807, 2.05) is 30.5 Å². The average Bonchev–Trinajstić information content (AvgIpc) is 3.45. The van der Waals surface area contributed by atoms with Gasteiger partial charge in [0.15, 0.2) is 5.82 Å². The zero-order chi connectivity index (χ0) is 22.3. The number of amides is 2. The van der Waals surface area contributed by atoms with E-state index in [0.717, 1.165) is 29.7 Å². The van der Waals surface area contributed by atoms with Crippen LogP contribution in [0, 0.1) is 6.92 Å². The number of rotatable bonds is 8. The highest BCUT2D eigenvalue weighted by molar-refractivity contribution is 7.09. The van der Waals surface area contributed by atoms with Crippen molar-refractivity contribution in [2.75, 3.05) is 10.6 Å². The summed E-state index contributed by atoms with van der Waals surface area (Å²) in [5.41, 5.74) is 3.63. The number of aromatic amines is 1. The molecule has 0 aliphatic carbocycles. The fourth-order valence-electron chi connectivity index (χ4n) is 3.34. The highest BCUT2D eigenvalue weighted by Gasteiger charge is 2.15. The minimum Gasteiger partial charge on any atom is -0.326 e. The number of aryl methyl sites for hydroxylation is 1. The summed E-state index contributed by atoms with van der Waals surface area (Å²) in [4.78, 5) is 30.3. The van der Waals surface area contributed by atoms with Gasteiger partial charge in [-0.2, -0.15) is 5.10 Å². The molecule has 0 fully saturated rings. The van der Waals surface area contributed by atoms with Crippen LogP contribution in [0.15, 0.2) is 66.3 Å². The number of hydrogen-bond donors (Lipinski definition) is 3. The van der Waals surface area contributed by atoms with Gasteiger partial charge in [0.05, 0.1) is 5.69 Å². The van der Waals surface area contributed by atoms with Crippen molar-refractivity contribution < 1.29 is 9.59 Å². The van der Waals surface area contributed by atoms with Crippen molar-refractivity contribution in [1.29, 1.82) is 0 Å². The van der Waals surface area contributed by atoms with Crippen molar-refractivity contribution in [3.05, 3.63) is 82.3 Å². The van der Waals surface area contributed by atoms with Gasteiger partial charge in [0.2, 0.25) is 5.91 Å². The topological polar surface area (TPSA) is 99.8 Å². The molecule has 1 aromatic carbocycles. The molecule has 0 bridgehead atoms. The molecule has 0 aliphatic rings. The molecule has 4 rings (SSSR count). The summed E-state index contributed by atoms with van der Waals surface area (Å²) in [6, 6.07) is 14.7. The molecule has 0 spiro atoms. The molecule has 3 heterocycles. The van der Waals surface area contributed by atoms with Crippen molar-refractivity contribution >= 4 is 34.7 Å². The Morgan fingerprint density at radius 3 is 2.69 bits per heavy atom. The Kier molecular flexibility index (Phi) is 6.72.